The molecular formula is C11H19NO2. The van der Waals surface area contributed by atoms with Crippen LogP contribution in [0.5, 0.6) is 0 Å². The van der Waals surface area contributed by atoms with Gasteiger partial charge in [0.25, 0.3) is 0 Å². The maximum Gasteiger partial charge on any atom is 0.129 e. The van der Waals surface area contributed by atoms with Crippen LogP contribution in [0.25, 0.3) is 0 Å². The molecule has 80 valence electrons. The summed E-state index contributed by atoms with van der Waals surface area (Å²) >= 11 is 0. The molecule has 3 heteroatoms. The molecule has 0 saturated carbocycles. The van der Waals surface area contributed by atoms with Crippen molar-refractivity contribution < 1.29 is 9.15 Å². The predicted octanol–water partition coefficient (Wildman–Crippen LogP) is 2.17. The zero-order valence-electron chi connectivity index (χ0n) is 9.12. The van der Waals surface area contributed by atoms with Gasteiger partial charge < -0.3 is 14.9 Å². The molecule has 0 saturated heterocycles. The van der Waals surface area contributed by atoms with Crippen molar-refractivity contribution in [1.82, 2.24) is 0 Å². The Morgan fingerprint density at radius 2 is 2.21 bits per heavy atom. The standard InChI is InChI=1S/C11H19NO2/c1-11(2,3)10(12)8-13-7-9-5-4-6-14-9/h4-6,10H,7-8,12H2,1-3H3. The fraction of sp³-hybridized carbons (Fsp3) is 0.636. The lowest BCUT2D eigenvalue weighted by atomic mass is 9.88. The predicted molar refractivity (Wildman–Crippen MR) is 55.8 cm³/mol. The largest absolute Gasteiger partial charge is 0.467 e. The van der Waals surface area contributed by atoms with Crippen molar-refractivity contribution in [1.29, 1.82) is 0 Å². The van der Waals surface area contributed by atoms with Gasteiger partial charge in [0.05, 0.1) is 12.9 Å². The summed E-state index contributed by atoms with van der Waals surface area (Å²) in [6, 6.07) is 3.79. The summed E-state index contributed by atoms with van der Waals surface area (Å²) in [5.74, 6) is 0.839. The number of hydrogen-bond acceptors (Lipinski definition) is 3. The molecule has 1 aromatic rings. The van der Waals surface area contributed by atoms with Gasteiger partial charge in [-0.25, -0.2) is 0 Å². The van der Waals surface area contributed by atoms with E-state index in [1.165, 1.54) is 0 Å². The second-order valence-electron chi connectivity index (χ2n) is 4.57. The molecule has 3 nitrogen and oxygen atoms in total. The lowest BCUT2D eigenvalue weighted by Crippen LogP contribution is -2.39. The van der Waals surface area contributed by atoms with Gasteiger partial charge in [0, 0.05) is 6.04 Å². The maximum absolute atomic E-state index is 5.93. The van der Waals surface area contributed by atoms with Crippen LogP contribution in [0.1, 0.15) is 26.5 Å². The minimum Gasteiger partial charge on any atom is -0.467 e. The highest BCUT2D eigenvalue weighted by Gasteiger charge is 2.20. The van der Waals surface area contributed by atoms with Crippen molar-refractivity contribution in [3.63, 3.8) is 0 Å². The van der Waals surface area contributed by atoms with E-state index in [4.69, 9.17) is 14.9 Å². The molecule has 0 fully saturated rings. The van der Waals surface area contributed by atoms with Crippen molar-refractivity contribution in [2.75, 3.05) is 6.61 Å². The Balaban J connectivity index is 2.22. The molecule has 0 aliphatic heterocycles. The van der Waals surface area contributed by atoms with Crippen molar-refractivity contribution in [2.24, 2.45) is 11.1 Å². The second kappa shape index (κ2) is 4.62. The monoisotopic (exact) mass is 197 g/mol. The molecule has 0 amide bonds. The van der Waals surface area contributed by atoms with Crippen LogP contribution in [0, 0.1) is 5.41 Å². The third-order valence-corrected chi connectivity index (χ3v) is 2.23. The minimum absolute atomic E-state index is 0.0532. The summed E-state index contributed by atoms with van der Waals surface area (Å²) < 4.78 is 10.6. The van der Waals surface area contributed by atoms with E-state index in [0.29, 0.717) is 13.2 Å². The van der Waals surface area contributed by atoms with Crippen LogP contribution >= 0.6 is 0 Å². The van der Waals surface area contributed by atoms with Crippen molar-refractivity contribution in [3.05, 3.63) is 24.2 Å². The van der Waals surface area contributed by atoms with E-state index in [1.807, 2.05) is 12.1 Å². The van der Waals surface area contributed by atoms with Crippen LogP contribution in [0.4, 0.5) is 0 Å². The number of furan rings is 1. The van der Waals surface area contributed by atoms with E-state index in [-0.39, 0.29) is 11.5 Å². The first kappa shape index (κ1) is 11.3. The SMILES string of the molecule is CC(C)(C)C(N)COCc1ccco1. The summed E-state index contributed by atoms with van der Waals surface area (Å²) in [7, 11) is 0. The van der Waals surface area contributed by atoms with Crippen LogP contribution in [0.15, 0.2) is 22.8 Å². The highest BCUT2D eigenvalue weighted by molar-refractivity contribution is 4.96. The quantitative estimate of drug-likeness (QED) is 0.804. The van der Waals surface area contributed by atoms with Crippen molar-refractivity contribution in [2.45, 2.75) is 33.4 Å². The highest BCUT2D eigenvalue weighted by atomic mass is 16.5. The number of rotatable bonds is 4. The Morgan fingerprint density at radius 3 is 2.71 bits per heavy atom. The lowest BCUT2D eigenvalue weighted by Gasteiger charge is -2.26. The molecule has 0 aliphatic rings. The minimum atomic E-state index is 0.0532. The Bertz CT molecular complexity index is 249. The third kappa shape index (κ3) is 3.52. The third-order valence-electron chi connectivity index (χ3n) is 2.23. The second-order valence-corrected chi connectivity index (χ2v) is 4.57. The molecule has 1 atom stereocenters. The molecule has 0 bridgehead atoms. The van der Waals surface area contributed by atoms with Crippen molar-refractivity contribution >= 4 is 0 Å². The normalized spacial score (nSPS) is 14.3. The van der Waals surface area contributed by atoms with Crippen LogP contribution in [-0.2, 0) is 11.3 Å². The van der Waals surface area contributed by atoms with Gasteiger partial charge in [0.2, 0.25) is 0 Å². The number of nitrogens with two attached hydrogens (primary N) is 1. The van der Waals surface area contributed by atoms with Gasteiger partial charge in [-0.2, -0.15) is 0 Å². The van der Waals surface area contributed by atoms with E-state index in [9.17, 15) is 0 Å². The molecule has 0 aliphatic carbocycles. The summed E-state index contributed by atoms with van der Waals surface area (Å²) in [5, 5.41) is 0. The Labute approximate surface area is 85.2 Å². The highest BCUT2D eigenvalue weighted by Crippen LogP contribution is 2.17. The molecule has 2 N–H and O–H groups in total. The van der Waals surface area contributed by atoms with Crippen LogP contribution in [0.3, 0.4) is 0 Å². The van der Waals surface area contributed by atoms with Gasteiger partial charge in [-0.15, -0.1) is 0 Å². The van der Waals surface area contributed by atoms with Gasteiger partial charge in [-0.3, -0.25) is 0 Å². The number of hydrogen-bond donors (Lipinski definition) is 1. The fourth-order valence-electron chi connectivity index (χ4n) is 0.931. The van der Waals surface area contributed by atoms with Gasteiger partial charge in [0.1, 0.15) is 12.4 Å². The first-order chi connectivity index (χ1) is 6.50. The average Bonchev–Trinajstić information content (AvgIpc) is 2.55. The van der Waals surface area contributed by atoms with Gasteiger partial charge in [-0.1, -0.05) is 20.8 Å². The van der Waals surface area contributed by atoms with Crippen molar-refractivity contribution in [3.8, 4) is 0 Å². The molecule has 1 unspecified atom stereocenters. The molecular weight excluding hydrogens is 178 g/mol. The Kier molecular flexibility index (Phi) is 3.72. The zero-order valence-corrected chi connectivity index (χ0v) is 9.12. The molecule has 0 radical (unpaired) electrons. The Hall–Kier alpha value is -0.800. The molecule has 1 rings (SSSR count). The first-order valence-electron chi connectivity index (χ1n) is 4.86. The first-order valence-corrected chi connectivity index (χ1v) is 4.86. The lowest BCUT2D eigenvalue weighted by molar-refractivity contribution is 0.0689. The summed E-state index contributed by atoms with van der Waals surface area (Å²) in [6.45, 7) is 7.37. The van der Waals surface area contributed by atoms with Crippen LogP contribution in [0.2, 0.25) is 0 Å². The van der Waals surface area contributed by atoms with E-state index in [1.54, 1.807) is 6.26 Å². The molecule has 14 heavy (non-hydrogen) atoms. The topological polar surface area (TPSA) is 48.4 Å². The van der Waals surface area contributed by atoms with Gasteiger partial charge in [-0.05, 0) is 17.5 Å². The summed E-state index contributed by atoms with van der Waals surface area (Å²) in [6.07, 6.45) is 1.64. The fourth-order valence-corrected chi connectivity index (χ4v) is 0.931. The maximum atomic E-state index is 5.93. The van der Waals surface area contributed by atoms with Crippen LogP contribution in [-0.4, -0.2) is 12.6 Å². The molecule has 0 aromatic carbocycles. The van der Waals surface area contributed by atoms with E-state index < -0.39 is 0 Å². The molecule has 1 aromatic heterocycles. The summed E-state index contributed by atoms with van der Waals surface area (Å²) in [4.78, 5) is 0. The van der Waals surface area contributed by atoms with E-state index in [2.05, 4.69) is 20.8 Å². The van der Waals surface area contributed by atoms with E-state index >= 15 is 0 Å². The zero-order chi connectivity index (χ0) is 10.6. The number of ether oxygens (including phenoxy) is 1. The Morgan fingerprint density at radius 1 is 1.50 bits per heavy atom. The van der Waals surface area contributed by atoms with E-state index in [0.717, 1.165) is 5.76 Å². The average molecular weight is 197 g/mol. The molecule has 0 spiro atoms. The smallest absolute Gasteiger partial charge is 0.129 e. The van der Waals surface area contributed by atoms with Gasteiger partial charge in [0.15, 0.2) is 0 Å². The molecule has 1 heterocycles. The summed E-state index contributed by atoms with van der Waals surface area (Å²) in [5.41, 5.74) is 6.02. The van der Waals surface area contributed by atoms with Crippen LogP contribution < -0.4 is 5.73 Å². The van der Waals surface area contributed by atoms with Gasteiger partial charge >= 0.3 is 0 Å².